The zero-order valence-corrected chi connectivity index (χ0v) is 11.9. The number of hydrogen-bond donors (Lipinski definition) is 1. The Hall–Kier alpha value is -0.400. The fourth-order valence-corrected chi connectivity index (χ4v) is 4.71. The van der Waals surface area contributed by atoms with Gasteiger partial charge >= 0.3 is 5.97 Å². The van der Waals surface area contributed by atoms with Crippen LogP contribution in [-0.4, -0.2) is 47.1 Å². The van der Waals surface area contributed by atoms with E-state index in [-0.39, 0.29) is 5.97 Å². The van der Waals surface area contributed by atoms with Gasteiger partial charge in [0.2, 0.25) is 0 Å². The minimum atomic E-state index is -0.378. The number of esters is 1. The average Bonchev–Trinajstić information content (AvgIpc) is 2.85. The molecule has 7 heteroatoms. The number of carbonyl (C=O) groups is 1. The highest BCUT2D eigenvalue weighted by Crippen LogP contribution is 2.25. The molecule has 0 bridgehead atoms. The number of rotatable bonds is 4. The summed E-state index contributed by atoms with van der Waals surface area (Å²) in [6.45, 7) is 0.909. The molecule has 1 unspecified atom stereocenters. The first-order chi connectivity index (χ1) is 8.29. The highest BCUT2D eigenvalue weighted by Gasteiger charge is 2.15. The van der Waals surface area contributed by atoms with Crippen molar-refractivity contribution >= 4 is 46.0 Å². The molecule has 4 nitrogen and oxygen atoms in total. The van der Waals surface area contributed by atoms with E-state index >= 15 is 0 Å². The first kappa shape index (κ1) is 13.0. The lowest BCUT2D eigenvalue weighted by Crippen LogP contribution is -2.23. The van der Waals surface area contributed by atoms with Gasteiger partial charge in [0.15, 0.2) is 10.8 Å². The topological polar surface area (TPSA) is 51.2 Å². The molecule has 94 valence electrons. The third kappa shape index (κ3) is 3.79. The van der Waals surface area contributed by atoms with Gasteiger partial charge in [-0.3, -0.25) is 0 Å². The van der Waals surface area contributed by atoms with Gasteiger partial charge in [0, 0.05) is 34.4 Å². The lowest BCUT2D eigenvalue weighted by Gasteiger charge is -2.20. The van der Waals surface area contributed by atoms with Gasteiger partial charge in [0.25, 0.3) is 0 Å². The van der Waals surface area contributed by atoms with Crippen LogP contribution in [-0.2, 0) is 4.74 Å². The van der Waals surface area contributed by atoms with Crippen LogP contribution >= 0.6 is 34.9 Å². The summed E-state index contributed by atoms with van der Waals surface area (Å²) in [7, 11) is 1.37. The minimum Gasteiger partial charge on any atom is -0.464 e. The summed E-state index contributed by atoms with van der Waals surface area (Å²) < 4.78 is 4.61. The van der Waals surface area contributed by atoms with Crippen molar-refractivity contribution in [2.24, 2.45) is 0 Å². The van der Waals surface area contributed by atoms with E-state index in [1.165, 1.54) is 35.7 Å². The summed E-state index contributed by atoms with van der Waals surface area (Å²) in [4.78, 5) is 15.4. The molecule has 1 aliphatic heterocycles. The molecule has 1 saturated heterocycles. The van der Waals surface area contributed by atoms with Crippen LogP contribution in [0.15, 0.2) is 5.38 Å². The van der Waals surface area contributed by atoms with E-state index in [0.717, 1.165) is 11.7 Å². The van der Waals surface area contributed by atoms with Crippen molar-refractivity contribution < 1.29 is 9.53 Å². The van der Waals surface area contributed by atoms with Gasteiger partial charge in [-0.2, -0.15) is 23.5 Å². The van der Waals surface area contributed by atoms with E-state index in [1.54, 1.807) is 5.38 Å². The average molecular weight is 290 g/mol. The Kier molecular flexibility index (Phi) is 4.99. The second-order valence-corrected chi connectivity index (χ2v) is 6.89. The number of aromatic nitrogens is 1. The van der Waals surface area contributed by atoms with Gasteiger partial charge in [0.05, 0.1) is 7.11 Å². The van der Waals surface area contributed by atoms with E-state index in [4.69, 9.17) is 0 Å². The lowest BCUT2D eigenvalue weighted by molar-refractivity contribution is 0.0595. The molecule has 1 aromatic rings. The maximum atomic E-state index is 11.2. The fraction of sp³-hybridized carbons (Fsp3) is 0.600. The predicted octanol–water partition coefficient (Wildman–Crippen LogP) is 2.19. The van der Waals surface area contributed by atoms with Crippen LogP contribution < -0.4 is 5.32 Å². The standard InChI is InChI=1S/C10H14N2O2S3/c1-14-9(13)8-6-17-10(12-8)11-4-7-5-15-2-3-16-7/h6-7H,2-5H2,1H3,(H,11,12). The number of nitrogens with one attached hydrogen (secondary N) is 1. The SMILES string of the molecule is COC(=O)c1csc(NCC2CSCCS2)n1. The highest BCUT2D eigenvalue weighted by atomic mass is 32.2. The Morgan fingerprint density at radius 1 is 1.65 bits per heavy atom. The van der Waals surface area contributed by atoms with Gasteiger partial charge in [-0.25, -0.2) is 9.78 Å². The van der Waals surface area contributed by atoms with Crippen LogP contribution in [0.5, 0.6) is 0 Å². The van der Waals surface area contributed by atoms with Gasteiger partial charge in [0.1, 0.15) is 0 Å². The van der Waals surface area contributed by atoms with Crippen LogP contribution in [0.1, 0.15) is 10.5 Å². The van der Waals surface area contributed by atoms with E-state index in [0.29, 0.717) is 10.9 Å². The number of carbonyl (C=O) groups excluding carboxylic acids is 1. The second-order valence-electron chi connectivity index (χ2n) is 3.48. The van der Waals surface area contributed by atoms with Gasteiger partial charge in [-0.15, -0.1) is 11.3 Å². The van der Waals surface area contributed by atoms with E-state index in [9.17, 15) is 4.79 Å². The fourth-order valence-electron chi connectivity index (χ4n) is 1.41. The molecule has 0 saturated carbocycles. The molecule has 1 fully saturated rings. The number of anilines is 1. The van der Waals surface area contributed by atoms with Crippen LogP contribution in [0.3, 0.4) is 0 Å². The maximum Gasteiger partial charge on any atom is 0.357 e. The molecule has 2 heterocycles. The molecule has 0 aromatic carbocycles. The third-order valence-corrected chi connectivity index (χ3v) is 5.91. The Morgan fingerprint density at radius 2 is 2.53 bits per heavy atom. The molecule has 17 heavy (non-hydrogen) atoms. The van der Waals surface area contributed by atoms with E-state index in [2.05, 4.69) is 15.0 Å². The molecule has 0 aliphatic carbocycles. The monoisotopic (exact) mass is 290 g/mol. The van der Waals surface area contributed by atoms with Crippen LogP contribution in [0.25, 0.3) is 0 Å². The molecule has 1 aliphatic rings. The number of hydrogen-bond acceptors (Lipinski definition) is 7. The van der Waals surface area contributed by atoms with Gasteiger partial charge in [-0.05, 0) is 0 Å². The van der Waals surface area contributed by atoms with Crippen molar-refractivity contribution in [3.8, 4) is 0 Å². The predicted molar refractivity (Wildman–Crippen MR) is 75.5 cm³/mol. The van der Waals surface area contributed by atoms with Gasteiger partial charge in [-0.1, -0.05) is 0 Å². The number of methoxy groups -OCH3 is 1. The largest absolute Gasteiger partial charge is 0.464 e. The van der Waals surface area contributed by atoms with Crippen LogP contribution in [0.2, 0.25) is 0 Å². The molecular weight excluding hydrogens is 276 g/mol. The van der Waals surface area contributed by atoms with E-state index in [1.807, 2.05) is 23.5 Å². The summed E-state index contributed by atoms with van der Waals surface area (Å²) in [6, 6.07) is 0. The normalized spacial score (nSPS) is 19.9. The lowest BCUT2D eigenvalue weighted by atomic mass is 10.5. The smallest absolute Gasteiger partial charge is 0.357 e. The minimum absolute atomic E-state index is 0.378. The molecule has 1 atom stereocenters. The van der Waals surface area contributed by atoms with Crippen molar-refractivity contribution in [2.45, 2.75) is 5.25 Å². The molecule has 0 spiro atoms. The van der Waals surface area contributed by atoms with Gasteiger partial charge < -0.3 is 10.1 Å². The summed E-state index contributed by atoms with van der Waals surface area (Å²) in [5.74, 6) is 3.29. The summed E-state index contributed by atoms with van der Waals surface area (Å²) in [5, 5.41) is 6.43. The Bertz CT molecular complexity index is 377. The first-order valence-electron chi connectivity index (χ1n) is 5.26. The molecular formula is C10H14N2O2S3. The zero-order valence-electron chi connectivity index (χ0n) is 9.47. The number of thioether (sulfide) groups is 2. The van der Waals surface area contributed by atoms with Crippen molar-refractivity contribution in [3.63, 3.8) is 0 Å². The molecule has 1 aromatic heterocycles. The number of thiazole rings is 1. The number of ether oxygens (including phenoxy) is 1. The summed E-state index contributed by atoms with van der Waals surface area (Å²) >= 11 is 5.44. The Balaban J connectivity index is 1.82. The van der Waals surface area contributed by atoms with Crippen molar-refractivity contribution in [1.82, 2.24) is 4.98 Å². The molecule has 1 N–H and O–H groups in total. The first-order valence-corrected chi connectivity index (χ1v) is 8.35. The quantitative estimate of drug-likeness (QED) is 0.858. The molecule has 0 amide bonds. The Morgan fingerprint density at radius 3 is 3.24 bits per heavy atom. The van der Waals surface area contributed by atoms with Crippen LogP contribution in [0, 0.1) is 0 Å². The Labute approximate surface area is 113 Å². The van der Waals surface area contributed by atoms with Crippen molar-refractivity contribution in [2.75, 3.05) is 36.2 Å². The summed E-state index contributed by atoms with van der Waals surface area (Å²) in [5.41, 5.74) is 0.380. The second kappa shape index (κ2) is 6.51. The molecule has 0 radical (unpaired) electrons. The van der Waals surface area contributed by atoms with Crippen molar-refractivity contribution in [3.05, 3.63) is 11.1 Å². The van der Waals surface area contributed by atoms with E-state index < -0.39 is 0 Å². The summed E-state index contributed by atoms with van der Waals surface area (Å²) in [6.07, 6.45) is 0. The van der Waals surface area contributed by atoms with Crippen LogP contribution in [0.4, 0.5) is 5.13 Å². The highest BCUT2D eigenvalue weighted by molar-refractivity contribution is 8.06. The number of nitrogens with zero attached hydrogens (tertiary/aromatic N) is 1. The molecule has 2 rings (SSSR count). The zero-order chi connectivity index (χ0) is 12.1. The maximum absolute atomic E-state index is 11.2. The third-order valence-electron chi connectivity index (χ3n) is 2.26. The van der Waals surface area contributed by atoms with Crippen molar-refractivity contribution in [1.29, 1.82) is 0 Å².